The van der Waals surface area contributed by atoms with Crippen molar-refractivity contribution in [1.29, 1.82) is 0 Å². The second-order valence-electron chi connectivity index (χ2n) is 4.97. The first-order valence-corrected chi connectivity index (χ1v) is 6.60. The van der Waals surface area contributed by atoms with Gasteiger partial charge in [-0.1, -0.05) is 0 Å². The van der Waals surface area contributed by atoms with Crippen molar-refractivity contribution in [3.8, 4) is 0 Å². The third-order valence-electron chi connectivity index (χ3n) is 3.38. The van der Waals surface area contributed by atoms with Crippen molar-refractivity contribution in [2.24, 2.45) is 5.92 Å². The highest BCUT2D eigenvalue weighted by molar-refractivity contribution is 5.75. The third kappa shape index (κ3) is 3.91. The van der Waals surface area contributed by atoms with Gasteiger partial charge in [0, 0.05) is 12.2 Å². The van der Waals surface area contributed by atoms with E-state index in [2.05, 4.69) is 20.6 Å². The van der Waals surface area contributed by atoms with Crippen molar-refractivity contribution in [2.75, 3.05) is 0 Å². The molecule has 2 unspecified atom stereocenters. The van der Waals surface area contributed by atoms with Crippen molar-refractivity contribution in [3.63, 3.8) is 0 Å². The quantitative estimate of drug-likeness (QED) is 0.757. The molecule has 1 heterocycles. The fourth-order valence-corrected chi connectivity index (χ4v) is 2.35. The van der Waals surface area contributed by atoms with Crippen LogP contribution in [0, 0.1) is 12.8 Å². The SMILES string of the molecule is Cc1nccc(CNC(=O)NC2CCC(C(=O)O)C2)n1. The Bertz CT molecular complexity index is 506. The average Bonchev–Trinajstić information content (AvgIpc) is 2.85. The van der Waals surface area contributed by atoms with E-state index in [4.69, 9.17) is 5.11 Å². The van der Waals surface area contributed by atoms with E-state index in [1.54, 1.807) is 19.2 Å². The Labute approximate surface area is 116 Å². The van der Waals surface area contributed by atoms with E-state index in [-0.39, 0.29) is 18.0 Å². The third-order valence-corrected chi connectivity index (χ3v) is 3.38. The molecule has 1 aliphatic rings. The largest absolute Gasteiger partial charge is 0.481 e. The van der Waals surface area contributed by atoms with Gasteiger partial charge in [-0.15, -0.1) is 0 Å². The molecular weight excluding hydrogens is 260 g/mol. The Morgan fingerprint density at radius 3 is 2.90 bits per heavy atom. The number of amides is 2. The van der Waals surface area contributed by atoms with Crippen LogP contribution in [-0.4, -0.2) is 33.1 Å². The molecule has 0 saturated heterocycles. The van der Waals surface area contributed by atoms with Crippen molar-refractivity contribution in [1.82, 2.24) is 20.6 Å². The number of aryl methyl sites for hydroxylation is 1. The zero-order valence-corrected chi connectivity index (χ0v) is 11.3. The van der Waals surface area contributed by atoms with Crippen LogP contribution in [0.25, 0.3) is 0 Å². The summed E-state index contributed by atoms with van der Waals surface area (Å²) < 4.78 is 0. The monoisotopic (exact) mass is 278 g/mol. The number of nitrogens with one attached hydrogen (secondary N) is 2. The van der Waals surface area contributed by atoms with Crippen LogP contribution in [-0.2, 0) is 11.3 Å². The van der Waals surface area contributed by atoms with Crippen molar-refractivity contribution < 1.29 is 14.7 Å². The van der Waals surface area contributed by atoms with Crippen LogP contribution in [0.5, 0.6) is 0 Å². The molecule has 1 aromatic heterocycles. The van der Waals surface area contributed by atoms with Crippen molar-refractivity contribution in [3.05, 3.63) is 23.8 Å². The van der Waals surface area contributed by atoms with E-state index in [0.717, 1.165) is 5.69 Å². The van der Waals surface area contributed by atoms with E-state index >= 15 is 0 Å². The Balaban J connectivity index is 1.75. The molecule has 1 aliphatic carbocycles. The highest BCUT2D eigenvalue weighted by Gasteiger charge is 2.30. The van der Waals surface area contributed by atoms with Crippen molar-refractivity contribution >= 4 is 12.0 Å². The van der Waals surface area contributed by atoms with E-state index in [1.807, 2.05) is 0 Å². The summed E-state index contributed by atoms with van der Waals surface area (Å²) in [6, 6.07) is 1.38. The lowest BCUT2D eigenvalue weighted by Crippen LogP contribution is -2.41. The molecule has 0 spiro atoms. The lowest BCUT2D eigenvalue weighted by molar-refractivity contribution is -0.141. The molecule has 2 amide bonds. The molecule has 0 aliphatic heterocycles. The van der Waals surface area contributed by atoms with Gasteiger partial charge in [0.25, 0.3) is 0 Å². The molecule has 2 rings (SSSR count). The number of carbonyl (C=O) groups is 2. The summed E-state index contributed by atoms with van der Waals surface area (Å²) in [7, 11) is 0. The highest BCUT2D eigenvalue weighted by atomic mass is 16.4. The molecule has 1 aromatic rings. The zero-order chi connectivity index (χ0) is 14.5. The minimum Gasteiger partial charge on any atom is -0.481 e. The number of rotatable bonds is 4. The number of aromatic nitrogens is 2. The highest BCUT2D eigenvalue weighted by Crippen LogP contribution is 2.25. The van der Waals surface area contributed by atoms with E-state index in [0.29, 0.717) is 31.6 Å². The van der Waals surface area contributed by atoms with Crippen LogP contribution in [0.1, 0.15) is 30.8 Å². The zero-order valence-electron chi connectivity index (χ0n) is 11.3. The molecule has 7 nitrogen and oxygen atoms in total. The number of urea groups is 1. The average molecular weight is 278 g/mol. The molecular formula is C13H18N4O3. The van der Waals surface area contributed by atoms with Gasteiger partial charge in [0.05, 0.1) is 18.2 Å². The van der Waals surface area contributed by atoms with Crippen LogP contribution in [0.15, 0.2) is 12.3 Å². The van der Waals surface area contributed by atoms with Gasteiger partial charge in [-0.2, -0.15) is 0 Å². The molecule has 0 aromatic carbocycles. The Hall–Kier alpha value is -2.18. The summed E-state index contributed by atoms with van der Waals surface area (Å²) in [6.07, 6.45) is 3.46. The molecule has 108 valence electrons. The van der Waals surface area contributed by atoms with Gasteiger partial charge in [-0.05, 0) is 32.3 Å². The molecule has 1 fully saturated rings. The smallest absolute Gasteiger partial charge is 0.315 e. The molecule has 1 saturated carbocycles. The molecule has 20 heavy (non-hydrogen) atoms. The predicted molar refractivity (Wildman–Crippen MR) is 70.9 cm³/mol. The first-order valence-electron chi connectivity index (χ1n) is 6.60. The number of hydrogen-bond donors (Lipinski definition) is 3. The fraction of sp³-hybridized carbons (Fsp3) is 0.538. The van der Waals surface area contributed by atoms with Crippen LogP contribution in [0.3, 0.4) is 0 Å². The summed E-state index contributed by atoms with van der Waals surface area (Å²) in [5.41, 5.74) is 0.738. The summed E-state index contributed by atoms with van der Waals surface area (Å²) in [5, 5.41) is 14.4. The first-order chi connectivity index (χ1) is 9.54. The van der Waals surface area contributed by atoms with Gasteiger partial charge in [-0.3, -0.25) is 4.79 Å². The van der Waals surface area contributed by atoms with Gasteiger partial charge in [-0.25, -0.2) is 14.8 Å². The standard InChI is InChI=1S/C13H18N4O3/c1-8-14-5-4-11(16-8)7-15-13(20)17-10-3-2-9(6-10)12(18)19/h4-5,9-10H,2-3,6-7H2,1H3,(H,18,19)(H2,15,17,20). The molecule has 0 bridgehead atoms. The van der Waals surface area contributed by atoms with Crippen LogP contribution in [0.4, 0.5) is 4.79 Å². The molecule has 3 N–H and O–H groups in total. The minimum atomic E-state index is -0.786. The second-order valence-corrected chi connectivity index (χ2v) is 4.97. The van der Waals surface area contributed by atoms with E-state index in [9.17, 15) is 9.59 Å². The summed E-state index contributed by atoms with van der Waals surface area (Å²) in [4.78, 5) is 30.7. The van der Waals surface area contributed by atoms with E-state index in [1.165, 1.54) is 0 Å². The van der Waals surface area contributed by atoms with Crippen LogP contribution < -0.4 is 10.6 Å². The van der Waals surface area contributed by atoms with E-state index < -0.39 is 5.97 Å². The molecule has 7 heteroatoms. The number of hydrogen-bond acceptors (Lipinski definition) is 4. The first kappa shape index (κ1) is 14.2. The molecule has 2 atom stereocenters. The van der Waals surface area contributed by atoms with Crippen LogP contribution >= 0.6 is 0 Å². The van der Waals surface area contributed by atoms with Gasteiger partial charge < -0.3 is 15.7 Å². The van der Waals surface area contributed by atoms with Gasteiger partial charge in [0.2, 0.25) is 0 Å². The number of carbonyl (C=O) groups excluding carboxylic acids is 1. The summed E-state index contributed by atoms with van der Waals surface area (Å²) in [6.45, 7) is 2.11. The Morgan fingerprint density at radius 2 is 2.25 bits per heavy atom. The van der Waals surface area contributed by atoms with Gasteiger partial charge in [0.15, 0.2) is 0 Å². The topological polar surface area (TPSA) is 104 Å². The lowest BCUT2D eigenvalue weighted by Gasteiger charge is -2.13. The number of nitrogens with zero attached hydrogens (tertiary/aromatic N) is 2. The summed E-state index contributed by atoms with van der Waals surface area (Å²) >= 11 is 0. The second kappa shape index (κ2) is 6.31. The van der Waals surface area contributed by atoms with Crippen LogP contribution in [0.2, 0.25) is 0 Å². The maximum absolute atomic E-state index is 11.7. The van der Waals surface area contributed by atoms with Gasteiger partial charge in [0.1, 0.15) is 5.82 Å². The van der Waals surface area contributed by atoms with Crippen molar-refractivity contribution in [2.45, 2.75) is 38.8 Å². The predicted octanol–water partition coefficient (Wildman–Crippen LogP) is 0.838. The maximum Gasteiger partial charge on any atom is 0.315 e. The van der Waals surface area contributed by atoms with Gasteiger partial charge >= 0.3 is 12.0 Å². The maximum atomic E-state index is 11.7. The number of carboxylic acids is 1. The number of carboxylic acid groups (broad SMARTS) is 1. The molecule has 0 radical (unpaired) electrons. The minimum absolute atomic E-state index is 0.0664. The number of aliphatic carboxylic acids is 1. The normalized spacial score (nSPS) is 21.4. The summed E-state index contributed by atoms with van der Waals surface area (Å²) in [5.74, 6) is -0.471. The fourth-order valence-electron chi connectivity index (χ4n) is 2.35. The Kier molecular flexibility index (Phi) is 4.49. The lowest BCUT2D eigenvalue weighted by atomic mass is 10.1. The Morgan fingerprint density at radius 1 is 1.45 bits per heavy atom.